The number of carboxylic acid groups (broad SMARTS) is 1. The number of benzene rings is 1. The fourth-order valence-corrected chi connectivity index (χ4v) is 0.992. The molecule has 0 heterocycles. The Balaban J connectivity index is 2.74. The maximum absolute atomic E-state index is 13.1. The number of nitrogens with one attached hydrogen (secondary N) is 1. The summed E-state index contributed by atoms with van der Waals surface area (Å²) in [4.78, 5) is 22.0. The molecule has 0 aliphatic heterocycles. The highest BCUT2D eigenvalue weighted by atomic mass is 19.1. The van der Waals surface area contributed by atoms with Crippen molar-refractivity contribution in [3.63, 3.8) is 0 Å². The van der Waals surface area contributed by atoms with Crippen molar-refractivity contribution in [2.24, 2.45) is 0 Å². The molecule has 5 nitrogen and oxygen atoms in total. The van der Waals surface area contributed by atoms with E-state index in [2.05, 4.69) is 4.74 Å². The molecule has 1 aromatic carbocycles. The van der Waals surface area contributed by atoms with Gasteiger partial charge in [-0.2, -0.15) is 0 Å². The van der Waals surface area contributed by atoms with Gasteiger partial charge in [-0.05, 0) is 26.0 Å². The highest BCUT2D eigenvalue weighted by molar-refractivity contribution is 5.84. The van der Waals surface area contributed by atoms with Crippen molar-refractivity contribution in [3.05, 3.63) is 29.8 Å². The molecule has 0 radical (unpaired) electrons. The lowest BCUT2D eigenvalue weighted by molar-refractivity contribution is -0.143. The van der Waals surface area contributed by atoms with E-state index in [-0.39, 0.29) is 0 Å². The van der Waals surface area contributed by atoms with Crippen molar-refractivity contribution in [1.29, 1.82) is 0 Å². The molecule has 18 heavy (non-hydrogen) atoms. The van der Waals surface area contributed by atoms with Crippen molar-refractivity contribution in [3.8, 4) is 5.75 Å². The number of aliphatic carboxylic acids is 1. The second-order valence-electron chi connectivity index (χ2n) is 4.02. The monoisotopic (exact) mass is 259 g/mol. The Kier molecular flexibility index (Phi) is 3.85. The van der Waals surface area contributed by atoms with E-state index in [4.69, 9.17) is 5.11 Å². The van der Waals surface area contributed by atoms with Gasteiger partial charge in [0.05, 0.1) is 0 Å². The molecule has 0 saturated heterocycles. The summed E-state index contributed by atoms with van der Waals surface area (Å²) >= 11 is 0. The van der Waals surface area contributed by atoms with E-state index in [1.807, 2.05) is 5.32 Å². The summed E-state index contributed by atoms with van der Waals surface area (Å²) in [5.41, 5.74) is -1.56. The predicted octanol–water partition coefficient (Wildman–Crippen LogP) is 1.92. The minimum atomic E-state index is -1.56. The molecule has 98 valence electrons. The zero-order valence-electron chi connectivity index (χ0n) is 9.66. The lowest BCUT2D eigenvalue weighted by atomic mass is 10.1. The van der Waals surface area contributed by atoms with Crippen molar-refractivity contribution >= 4 is 12.1 Å². The lowest BCUT2D eigenvalue weighted by Gasteiger charge is -2.20. The third-order valence-electron chi connectivity index (χ3n) is 2.05. The quantitative estimate of drug-likeness (QED) is 0.869. The highest BCUT2D eigenvalue weighted by Crippen LogP contribution is 2.18. The summed E-state index contributed by atoms with van der Waals surface area (Å²) in [5, 5.41) is 10.8. The number of rotatable bonds is 3. The van der Waals surface area contributed by atoms with Gasteiger partial charge in [0.1, 0.15) is 11.4 Å². The Morgan fingerprint density at radius 3 is 2.44 bits per heavy atom. The maximum atomic E-state index is 13.1. The molecular weight excluding hydrogens is 248 g/mol. The van der Waals surface area contributed by atoms with Crippen LogP contribution in [0.4, 0.5) is 13.6 Å². The van der Waals surface area contributed by atoms with Crippen LogP contribution in [0.25, 0.3) is 0 Å². The maximum Gasteiger partial charge on any atom is 0.413 e. The van der Waals surface area contributed by atoms with Crippen LogP contribution in [0.2, 0.25) is 0 Å². The van der Waals surface area contributed by atoms with E-state index in [0.29, 0.717) is 6.07 Å². The van der Waals surface area contributed by atoms with Crippen molar-refractivity contribution in [2.45, 2.75) is 19.4 Å². The van der Waals surface area contributed by atoms with Crippen molar-refractivity contribution in [1.82, 2.24) is 5.32 Å². The average Bonchev–Trinajstić information content (AvgIpc) is 2.21. The second-order valence-corrected chi connectivity index (χ2v) is 4.02. The fourth-order valence-electron chi connectivity index (χ4n) is 0.992. The van der Waals surface area contributed by atoms with E-state index < -0.39 is 35.0 Å². The topological polar surface area (TPSA) is 75.6 Å². The van der Waals surface area contributed by atoms with Crippen LogP contribution in [0.5, 0.6) is 5.75 Å². The molecule has 7 heteroatoms. The molecule has 0 unspecified atom stereocenters. The minimum Gasteiger partial charge on any atom is -0.480 e. The number of halogens is 2. The molecule has 0 aliphatic carbocycles. The molecule has 1 aromatic rings. The first kappa shape index (κ1) is 13.9. The smallest absolute Gasteiger partial charge is 0.413 e. The zero-order valence-corrected chi connectivity index (χ0v) is 9.66. The van der Waals surface area contributed by atoms with Crippen molar-refractivity contribution < 1.29 is 28.2 Å². The van der Waals surface area contributed by atoms with Crippen LogP contribution < -0.4 is 10.1 Å². The Labute approximate surface area is 101 Å². The SMILES string of the molecule is CC(C)(NC(=O)Oc1ccc(F)cc1F)C(=O)O. The van der Waals surface area contributed by atoms with Gasteiger partial charge in [0.25, 0.3) is 0 Å². The van der Waals surface area contributed by atoms with Crippen LogP contribution in [0.1, 0.15) is 13.8 Å². The third kappa shape index (κ3) is 3.41. The van der Waals surface area contributed by atoms with E-state index in [1.165, 1.54) is 13.8 Å². The first-order valence-electron chi connectivity index (χ1n) is 4.91. The molecule has 0 saturated carbocycles. The summed E-state index contributed by atoms with van der Waals surface area (Å²) in [6, 6.07) is 2.39. The third-order valence-corrected chi connectivity index (χ3v) is 2.05. The molecule has 1 amide bonds. The normalized spacial score (nSPS) is 10.9. The molecule has 1 rings (SSSR count). The number of hydrogen-bond acceptors (Lipinski definition) is 3. The van der Waals surface area contributed by atoms with E-state index in [0.717, 1.165) is 12.1 Å². The van der Waals surface area contributed by atoms with Gasteiger partial charge in [0.15, 0.2) is 11.6 Å². The number of amides is 1. The molecule has 0 bridgehead atoms. The van der Waals surface area contributed by atoms with Crippen LogP contribution in [0, 0.1) is 11.6 Å². The molecule has 0 aliphatic rings. The van der Waals surface area contributed by atoms with Crippen LogP contribution in [0.15, 0.2) is 18.2 Å². The number of carbonyl (C=O) groups excluding carboxylic acids is 1. The summed E-state index contributed by atoms with van der Waals surface area (Å²) in [6.45, 7) is 2.47. The summed E-state index contributed by atoms with van der Waals surface area (Å²) in [7, 11) is 0. The highest BCUT2D eigenvalue weighted by Gasteiger charge is 2.30. The number of ether oxygens (including phenoxy) is 1. The zero-order chi connectivity index (χ0) is 13.9. The second kappa shape index (κ2) is 4.99. The molecule has 2 N–H and O–H groups in total. The summed E-state index contributed by atoms with van der Waals surface area (Å²) in [6.07, 6.45) is -1.15. The van der Waals surface area contributed by atoms with Gasteiger partial charge in [0, 0.05) is 6.07 Å². The van der Waals surface area contributed by atoms with Gasteiger partial charge in [-0.3, -0.25) is 0 Å². The van der Waals surface area contributed by atoms with Gasteiger partial charge in [-0.1, -0.05) is 0 Å². The Morgan fingerprint density at radius 1 is 1.33 bits per heavy atom. The van der Waals surface area contributed by atoms with E-state index in [1.54, 1.807) is 0 Å². The molecule has 0 aromatic heterocycles. The van der Waals surface area contributed by atoms with Crippen molar-refractivity contribution in [2.75, 3.05) is 0 Å². The molecule has 0 spiro atoms. The van der Waals surface area contributed by atoms with Gasteiger partial charge >= 0.3 is 12.1 Å². The van der Waals surface area contributed by atoms with Crippen LogP contribution >= 0.6 is 0 Å². The lowest BCUT2D eigenvalue weighted by Crippen LogP contribution is -2.50. The molecule has 0 atom stereocenters. The molecular formula is C11H11F2NO4. The van der Waals surface area contributed by atoms with Crippen LogP contribution in [0.3, 0.4) is 0 Å². The van der Waals surface area contributed by atoms with Gasteiger partial charge in [0.2, 0.25) is 0 Å². The molecule has 0 fully saturated rings. The van der Waals surface area contributed by atoms with Crippen LogP contribution in [-0.4, -0.2) is 22.7 Å². The Bertz CT molecular complexity index is 488. The van der Waals surface area contributed by atoms with E-state index >= 15 is 0 Å². The number of carboxylic acids is 1. The Hall–Kier alpha value is -2.18. The average molecular weight is 259 g/mol. The summed E-state index contributed by atoms with van der Waals surface area (Å²) < 4.78 is 30.3. The first-order chi connectivity index (χ1) is 8.22. The Morgan fingerprint density at radius 2 is 1.94 bits per heavy atom. The number of hydrogen-bond donors (Lipinski definition) is 2. The fraction of sp³-hybridized carbons (Fsp3) is 0.273. The van der Waals surface area contributed by atoms with E-state index in [9.17, 15) is 18.4 Å². The first-order valence-corrected chi connectivity index (χ1v) is 4.91. The van der Waals surface area contributed by atoms with Gasteiger partial charge < -0.3 is 15.2 Å². The van der Waals surface area contributed by atoms with Gasteiger partial charge in [-0.25, -0.2) is 18.4 Å². The predicted molar refractivity (Wildman–Crippen MR) is 57.2 cm³/mol. The van der Waals surface area contributed by atoms with Crippen LogP contribution in [-0.2, 0) is 4.79 Å². The minimum absolute atomic E-state index is 0.491. The standard InChI is InChI=1S/C11H11F2NO4/c1-11(2,9(15)16)14-10(17)18-8-4-3-6(12)5-7(8)13/h3-5H,1-2H3,(H,14,17)(H,15,16). The largest absolute Gasteiger partial charge is 0.480 e. The van der Waals surface area contributed by atoms with Gasteiger partial charge in [-0.15, -0.1) is 0 Å². The number of carbonyl (C=O) groups is 2. The summed E-state index contributed by atoms with van der Waals surface area (Å²) in [5.74, 6) is -3.64.